The minimum Gasteiger partial charge on any atom is -0.322 e. The number of carbonyl (C=O) groups excluding carboxylic acids is 1. The van der Waals surface area contributed by atoms with E-state index in [4.69, 9.17) is 0 Å². The average Bonchev–Trinajstić information content (AvgIpc) is 3.37. The van der Waals surface area contributed by atoms with E-state index < -0.39 is 10.0 Å². The van der Waals surface area contributed by atoms with Crippen molar-refractivity contribution in [3.8, 4) is 0 Å². The summed E-state index contributed by atoms with van der Waals surface area (Å²) in [5.74, 6) is -0.349. The van der Waals surface area contributed by atoms with Gasteiger partial charge < -0.3 is 5.32 Å². The molecule has 0 aliphatic carbocycles. The molecule has 154 valence electrons. The number of nitrogens with zero attached hydrogens (tertiary/aromatic N) is 4. The molecule has 3 heterocycles. The van der Waals surface area contributed by atoms with Crippen LogP contribution in [0.5, 0.6) is 0 Å². The van der Waals surface area contributed by atoms with Crippen LogP contribution in [-0.2, 0) is 10.0 Å². The van der Waals surface area contributed by atoms with Crippen LogP contribution in [0, 0.1) is 0 Å². The molecule has 1 aromatic carbocycles. The number of pyridine rings is 1. The van der Waals surface area contributed by atoms with Crippen molar-refractivity contribution in [1.29, 1.82) is 0 Å². The minimum absolute atomic E-state index is 0.0693. The molecular weight excluding hydrogens is 424 g/mol. The highest BCUT2D eigenvalue weighted by atomic mass is 32.2. The van der Waals surface area contributed by atoms with Crippen molar-refractivity contribution in [2.24, 2.45) is 0 Å². The fraction of sp³-hybridized carbons (Fsp3) is 0.158. The maximum Gasteiger partial charge on any atom is 0.263 e. The average molecular weight is 443 g/mol. The summed E-state index contributed by atoms with van der Waals surface area (Å²) in [7, 11) is -3.74. The summed E-state index contributed by atoms with van der Waals surface area (Å²) >= 11 is 1.19. The number of carbonyl (C=O) groups is 1. The Balaban J connectivity index is 1.49. The van der Waals surface area contributed by atoms with Crippen molar-refractivity contribution in [2.45, 2.75) is 24.8 Å². The lowest BCUT2D eigenvalue weighted by atomic mass is 10.2. The quantitative estimate of drug-likeness (QED) is 0.472. The molecule has 0 unspecified atom stereocenters. The number of aromatic nitrogens is 4. The van der Waals surface area contributed by atoms with Crippen LogP contribution >= 0.6 is 11.3 Å². The zero-order valence-corrected chi connectivity index (χ0v) is 17.7. The number of benzene rings is 1. The SMILES string of the molecule is CC(C)n1ncc2cc(C(=O)Nc3ccc(S(=O)(=O)Nc4nccs4)cc3)cnc21. The largest absolute Gasteiger partial charge is 0.322 e. The molecule has 4 aromatic rings. The predicted octanol–water partition coefficient (Wildman–Crippen LogP) is 3.52. The van der Waals surface area contributed by atoms with Crippen molar-refractivity contribution < 1.29 is 13.2 Å². The third-order valence-corrected chi connectivity index (χ3v) is 6.43. The van der Waals surface area contributed by atoms with Crippen molar-refractivity contribution in [3.63, 3.8) is 0 Å². The number of amides is 1. The summed E-state index contributed by atoms with van der Waals surface area (Å²) in [5.41, 5.74) is 1.56. The Hall–Kier alpha value is -3.31. The highest BCUT2D eigenvalue weighted by molar-refractivity contribution is 7.93. The Morgan fingerprint density at radius 3 is 2.57 bits per heavy atom. The molecule has 0 aliphatic heterocycles. The number of hydrogen-bond acceptors (Lipinski definition) is 7. The fourth-order valence-corrected chi connectivity index (χ4v) is 4.60. The van der Waals surface area contributed by atoms with E-state index in [2.05, 4.69) is 25.1 Å². The molecule has 0 atom stereocenters. The molecule has 4 rings (SSSR count). The van der Waals surface area contributed by atoms with Gasteiger partial charge in [-0.05, 0) is 44.2 Å². The van der Waals surface area contributed by atoms with Gasteiger partial charge in [0.05, 0.1) is 16.7 Å². The smallest absolute Gasteiger partial charge is 0.263 e. The molecule has 9 nitrogen and oxygen atoms in total. The molecule has 0 saturated carbocycles. The molecule has 0 fully saturated rings. The van der Waals surface area contributed by atoms with Crippen molar-refractivity contribution in [3.05, 3.63) is 59.9 Å². The third kappa shape index (κ3) is 4.02. The molecule has 2 N–H and O–H groups in total. The molecule has 0 saturated heterocycles. The highest BCUT2D eigenvalue weighted by Gasteiger charge is 2.16. The van der Waals surface area contributed by atoms with Crippen LogP contribution in [0.25, 0.3) is 11.0 Å². The van der Waals surface area contributed by atoms with Gasteiger partial charge in [0.2, 0.25) is 0 Å². The molecule has 0 spiro atoms. The van der Waals surface area contributed by atoms with E-state index in [-0.39, 0.29) is 22.0 Å². The van der Waals surface area contributed by atoms with Gasteiger partial charge in [0.1, 0.15) is 0 Å². The molecule has 1 amide bonds. The van der Waals surface area contributed by atoms with E-state index in [0.717, 1.165) is 5.39 Å². The lowest BCUT2D eigenvalue weighted by molar-refractivity contribution is 0.102. The number of sulfonamides is 1. The van der Waals surface area contributed by atoms with Crippen molar-refractivity contribution in [2.75, 3.05) is 10.0 Å². The van der Waals surface area contributed by atoms with Gasteiger partial charge in [-0.25, -0.2) is 23.1 Å². The number of nitrogens with one attached hydrogen (secondary N) is 2. The number of anilines is 2. The Bertz CT molecular complexity index is 1300. The Kier molecular flexibility index (Phi) is 5.22. The fourth-order valence-electron chi connectivity index (χ4n) is 2.81. The van der Waals surface area contributed by atoms with Gasteiger partial charge in [-0.15, -0.1) is 11.3 Å². The van der Waals surface area contributed by atoms with Crippen molar-refractivity contribution >= 4 is 49.1 Å². The van der Waals surface area contributed by atoms with Gasteiger partial charge in [-0.1, -0.05) is 0 Å². The molecule has 0 aliphatic rings. The van der Waals surface area contributed by atoms with Crippen LogP contribution in [0.4, 0.5) is 10.8 Å². The summed E-state index contributed by atoms with van der Waals surface area (Å²) in [5, 5.41) is 9.77. The Labute approximate surface area is 176 Å². The van der Waals surface area contributed by atoms with Crippen LogP contribution < -0.4 is 10.0 Å². The molecule has 11 heteroatoms. The molecule has 30 heavy (non-hydrogen) atoms. The van der Waals surface area contributed by atoms with E-state index in [1.807, 2.05) is 13.8 Å². The maximum absolute atomic E-state index is 12.6. The minimum atomic E-state index is -3.74. The van der Waals surface area contributed by atoms with Gasteiger partial charge in [0, 0.05) is 34.9 Å². The van der Waals surface area contributed by atoms with E-state index in [1.165, 1.54) is 48.0 Å². The third-order valence-electron chi connectivity index (χ3n) is 4.26. The van der Waals surface area contributed by atoms with Gasteiger partial charge >= 0.3 is 0 Å². The van der Waals surface area contributed by atoms with E-state index >= 15 is 0 Å². The van der Waals surface area contributed by atoms with Crippen LogP contribution in [0.2, 0.25) is 0 Å². The first-order valence-electron chi connectivity index (χ1n) is 9.00. The molecular formula is C19H18N6O3S2. The first kappa shape index (κ1) is 20.0. The summed E-state index contributed by atoms with van der Waals surface area (Å²) in [4.78, 5) is 20.9. The number of thiazole rings is 1. The predicted molar refractivity (Wildman–Crippen MR) is 115 cm³/mol. The topological polar surface area (TPSA) is 119 Å². The Morgan fingerprint density at radius 2 is 1.90 bits per heavy atom. The standard InChI is InChI=1S/C19H18N6O3S2/c1-12(2)25-17-13(11-22-25)9-14(10-21-17)18(26)23-15-3-5-16(6-4-15)30(27,28)24-19-20-7-8-29-19/h3-12H,1-2H3,(H,20,24)(H,23,26). The first-order valence-corrected chi connectivity index (χ1v) is 11.4. The highest BCUT2D eigenvalue weighted by Crippen LogP contribution is 2.21. The van der Waals surface area contributed by atoms with Gasteiger partial charge in [-0.2, -0.15) is 5.10 Å². The summed E-state index contributed by atoms with van der Waals surface area (Å²) < 4.78 is 29.0. The number of rotatable bonds is 6. The van der Waals surface area contributed by atoms with Crippen LogP contribution in [-0.4, -0.2) is 34.1 Å². The van der Waals surface area contributed by atoms with Gasteiger partial charge in [-0.3, -0.25) is 9.52 Å². The molecule has 0 bridgehead atoms. The summed E-state index contributed by atoms with van der Waals surface area (Å²) in [6.45, 7) is 4.01. The van der Waals surface area contributed by atoms with E-state index in [1.54, 1.807) is 22.3 Å². The number of fused-ring (bicyclic) bond motifs is 1. The van der Waals surface area contributed by atoms with Crippen LogP contribution in [0.15, 0.2) is 59.2 Å². The summed E-state index contributed by atoms with van der Waals surface area (Å²) in [6.07, 6.45) is 4.68. The normalized spacial score (nSPS) is 11.7. The lowest BCUT2D eigenvalue weighted by Crippen LogP contribution is -2.14. The van der Waals surface area contributed by atoms with Crippen LogP contribution in [0.1, 0.15) is 30.2 Å². The monoisotopic (exact) mass is 442 g/mol. The lowest BCUT2D eigenvalue weighted by Gasteiger charge is -2.09. The first-order chi connectivity index (χ1) is 14.3. The van der Waals surface area contributed by atoms with Gasteiger partial charge in [0.15, 0.2) is 10.8 Å². The van der Waals surface area contributed by atoms with E-state index in [0.29, 0.717) is 16.9 Å². The second-order valence-corrected chi connectivity index (χ2v) is 9.32. The zero-order valence-electron chi connectivity index (χ0n) is 16.1. The summed E-state index contributed by atoms with van der Waals surface area (Å²) in [6, 6.07) is 7.77. The maximum atomic E-state index is 12.6. The van der Waals surface area contributed by atoms with Crippen LogP contribution in [0.3, 0.4) is 0 Å². The molecule has 0 radical (unpaired) electrons. The second kappa shape index (κ2) is 7.84. The van der Waals surface area contributed by atoms with Crippen molar-refractivity contribution in [1.82, 2.24) is 19.7 Å². The number of hydrogen-bond donors (Lipinski definition) is 2. The second-order valence-electron chi connectivity index (χ2n) is 6.74. The zero-order chi connectivity index (χ0) is 21.3. The Morgan fingerprint density at radius 1 is 1.13 bits per heavy atom. The van der Waals surface area contributed by atoms with E-state index in [9.17, 15) is 13.2 Å². The molecule has 3 aromatic heterocycles. The van der Waals surface area contributed by atoms with Gasteiger partial charge in [0.25, 0.3) is 15.9 Å².